The smallest absolute Gasteiger partial charge is 0.298 e. The molecule has 2 unspecified atom stereocenters. The highest BCUT2D eigenvalue weighted by Gasteiger charge is 2.30. The van der Waals surface area contributed by atoms with E-state index in [0.717, 1.165) is 12.8 Å². The van der Waals surface area contributed by atoms with Crippen LogP contribution in [0.2, 0.25) is 0 Å². The Balaban J connectivity index is 2.62. The Hall–Kier alpha value is -1.01. The Morgan fingerprint density at radius 1 is 1.57 bits per heavy atom. The third kappa shape index (κ3) is 2.27. The molecule has 0 spiro atoms. The van der Waals surface area contributed by atoms with Crippen molar-refractivity contribution in [3.8, 4) is 11.8 Å². The fourth-order valence-electron chi connectivity index (χ4n) is 2.15. The lowest BCUT2D eigenvalue weighted by molar-refractivity contribution is -0.126. The fourth-order valence-corrected chi connectivity index (χ4v) is 2.15. The van der Waals surface area contributed by atoms with E-state index in [1.54, 1.807) is 11.8 Å². The highest BCUT2D eigenvalue weighted by molar-refractivity contribution is 5.93. The Bertz CT molecular complexity index is 264. The molecule has 78 valence electrons. The third-order valence-electron chi connectivity index (χ3n) is 2.97. The molecule has 0 aromatic carbocycles. The van der Waals surface area contributed by atoms with Crippen LogP contribution in [0.25, 0.3) is 0 Å². The van der Waals surface area contributed by atoms with Crippen molar-refractivity contribution in [3.63, 3.8) is 0 Å². The summed E-state index contributed by atoms with van der Waals surface area (Å²) in [7, 11) is 1.82. The van der Waals surface area contributed by atoms with Gasteiger partial charge in [0.1, 0.15) is 0 Å². The van der Waals surface area contributed by atoms with Crippen molar-refractivity contribution < 1.29 is 4.79 Å². The van der Waals surface area contributed by atoms with Crippen molar-refractivity contribution in [3.05, 3.63) is 0 Å². The van der Waals surface area contributed by atoms with Gasteiger partial charge in [-0.3, -0.25) is 4.79 Å². The summed E-state index contributed by atoms with van der Waals surface area (Å²) in [5.41, 5.74) is 5.66. The van der Waals surface area contributed by atoms with Gasteiger partial charge in [0.15, 0.2) is 0 Å². The van der Waals surface area contributed by atoms with Crippen molar-refractivity contribution in [2.24, 2.45) is 11.7 Å². The number of carbonyl (C=O) groups is 1. The summed E-state index contributed by atoms with van der Waals surface area (Å²) in [6.07, 6.45) is 3.37. The minimum Gasteiger partial charge on any atom is -0.332 e. The summed E-state index contributed by atoms with van der Waals surface area (Å²) in [6, 6.07) is 0.299. The number of hydrogen-bond acceptors (Lipinski definition) is 2. The first-order valence-electron chi connectivity index (χ1n) is 5.10. The molecule has 0 aromatic heterocycles. The predicted octanol–water partition coefficient (Wildman–Crippen LogP) is 0.596. The SMILES string of the molecule is CC#CC(=O)N(C)C1CCCC1CN. The predicted molar refractivity (Wildman–Crippen MR) is 56.4 cm³/mol. The third-order valence-corrected chi connectivity index (χ3v) is 2.97. The zero-order valence-electron chi connectivity index (χ0n) is 8.92. The van der Waals surface area contributed by atoms with Crippen LogP contribution in [0.3, 0.4) is 0 Å². The molecule has 0 saturated heterocycles. The number of hydrogen-bond donors (Lipinski definition) is 1. The van der Waals surface area contributed by atoms with Gasteiger partial charge in [-0.1, -0.05) is 12.3 Å². The molecule has 0 radical (unpaired) electrons. The zero-order valence-corrected chi connectivity index (χ0v) is 8.92. The number of nitrogens with zero attached hydrogens (tertiary/aromatic N) is 1. The van der Waals surface area contributed by atoms with Gasteiger partial charge in [0.2, 0.25) is 0 Å². The van der Waals surface area contributed by atoms with Crippen LogP contribution in [0.15, 0.2) is 0 Å². The van der Waals surface area contributed by atoms with Crippen LogP contribution < -0.4 is 5.73 Å². The van der Waals surface area contributed by atoms with Gasteiger partial charge in [-0.25, -0.2) is 0 Å². The second-order valence-corrected chi connectivity index (χ2v) is 3.79. The van der Waals surface area contributed by atoms with E-state index in [0.29, 0.717) is 18.5 Å². The van der Waals surface area contributed by atoms with Crippen molar-refractivity contribution in [1.29, 1.82) is 0 Å². The maximum atomic E-state index is 11.5. The van der Waals surface area contributed by atoms with Crippen molar-refractivity contribution >= 4 is 5.91 Å². The highest BCUT2D eigenvalue weighted by atomic mass is 16.2. The quantitative estimate of drug-likeness (QED) is 0.654. The monoisotopic (exact) mass is 194 g/mol. The largest absolute Gasteiger partial charge is 0.332 e. The van der Waals surface area contributed by atoms with Crippen LogP contribution in [0, 0.1) is 17.8 Å². The van der Waals surface area contributed by atoms with Crippen LogP contribution >= 0.6 is 0 Å². The summed E-state index contributed by atoms with van der Waals surface area (Å²) >= 11 is 0. The number of rotatable bonds is 2. The number of amides is 1. The molecule has 3 nitrogen and oxygen atoms in total. The molecular formula is C11H18N2O. The van der Waals surface area contributed by atoms with Crippen LogP contribution in [0.5, 0.6) is 0 Å². The van der Waals surface area contributed by atoms with E-state index in [1.165, 1.54) is 6.42 Å². The van der Waals surface area contributed by atoms with Crippen molar-refractivity contribution in [1.82, 2.24) is 4.90 Å². The van der Waals surface area contributed by atoms with E-state index in [9.17, 15) is 4.79 Å². The molecule has 1 rings (SSSR count). The first-order chi connectivity index (χ1) is 6.70. The van der Waals surface area contributed by atoms with Gasteiger partial charge in [0.05, 0.1) is 0 Å². The van der Waals surface area contributed by atoms with Gasteiger partial charge < -0.3 is 10.6 Å². The molecule has 0 aromatic rings. The first-order valence-corrected chi connectivity index (χ1v) is 5.10. The van der Waals surface area contributed by atoms with E-state index >= 15 is 0 Å². The Morgan fingerprint density at radius 3 is 2.86 bits per heavy atom. The van der Waals surface area contributed by atoms with Gasteiger partial charge in [0, 0.05) is 13.1 Å². The van der Waals surface area contributed by atoms with E-state index in [1.807, 2.05) is 7.05 Å². The van der Waals surface area contributed by atoms with Crippen molar-refractivity contribution in [2.75, 3.05) is 13.6 Å². The van der Waals surface area contributed by atoms with Gasteiger partial charge in [-0.2, -0.15) is 0 Å². The Labute approximate surface area is 85.6 Å². The average molecular weight is 194 g/mol. The van der Waals surface area contributed by atoms with Gasteiger partial charge in [0.25, 0.3) is 5.91 Å². The van der Waals surface area contributed by atoms with E-state index in [2.05, 4.69) is 11.8 Å². The standard InChI is InChI=1S/C11H18N2O/c1-3-5-11(14)13(2)10-7-4-6-9(10)8-12/h9-10H,4,6-8,12H2,1-2H3. The van der Waals surface area contributed by atoms with Crippen LogP contribution in [-0.2, 0) is 4.79 Å². The lowest BCUT2D eigenvalue weighted by Crippen LogP contribution is -2.40. The highest BCUT2D eigenvalue weighted by Crippen LogP contribution is 2.28. The molecule has 2 N–H and O–H groups in total. The Morgan fingerprint density at radius 2 is 2.29 bits per heavy atom. The molecule has 1 aliphatic rings. The number of carbonyl (C=O) groups excluding carboxylic acids is 1. The van der Waals surface area contributed by atoms with E-state index in [4.69, 9.17) is 5.73 Å². The summed E-state index contributed by atoms with van der Waals surface area (Å²) in [6.45, 7) is 2.35. The summed E-state index contributed by atoms with van der Waals surface area (Å²) in [5, 5.41) is 0. The van der Waals surface area contributed by atoms with Crippen molar-refractivity contribution in [2.45, 2.75) is 32.2 Å². The zero-order chi connectivity index (χ0) is 10.6. The first kappa shape index (κ1) is 11.1. The lowest BCUT2D eigenvalue weighted by atomic mass is 10.0. The minimum absolute atomic E-state index is 0.0853. The van der Waals surface area contributed by atoms with Gasteiger partial charge in [-0.05, 0) is 38.1 Å². The molecule has 0 aliphatic heterocycles. The molecule has 0 heterocycles. The van der Waals surface area contributed by atoms with E-state index in [-0.39, 0.29) is 5.91 Å². The average Bonchev–Trinajstić information content (AvgIpc) is 2.64. The van der Waals surface area contributed by atoms with Crippen LogP contribution in [-0.4, -0.2) is 30.4 Å². The Kier molecular flexibility index (Phi) is 3.97. The maximum absolute atomic E-state index is 11.5. The molecule has 1 amide bonds. The molecule has 1 aliphatic carbocycles. The second kappa shape index (κ2) is 5.02. The molecule has 2 atom stereocenters. The second-order valence-electron chi connectivity index (χ2n) is 3.79. The molecule has 1 fully saturated rings. The minimum atomic E-state index is -0.0853. The molecule has 1 saturated carbocycles. The maximum Gasteiger partial charge on any atom is 0.298 e. The van der Waals surface area contributed by atoms with Crippen LogP contribution in [0.1, 0.15) is 26.2 Å². The van der Waals surface area contributed by atoms with Gasteiger partial charge in [-0.15, -0.1) is 0 Å². The lowest BCUT2D eigenvalue weighted by Gasteiger charge is -2.27. The molecule has 3 heteroatoms. The number of nitrogens with two attached hydrogens (primary N) is 1. The molecular weight excluding hydrogens is 176 g/mol. The topological polar surface area (TPSA) is 46.3 Å². The molecule has 0 bridgehead atoms. The molecule has 14 heavy (non-hydrogen) atoms. The van der Waals surface area contributed by atoms with Gasteiger partial charge >= 0.3 is 0 Å². The fraction of sp³-hybridized carbons (Fsp3) is 0.727. The normalized spacial score (nSPS) is 25.4. The van der Waals surface area contributed by atoms with E-state index < -0.39 is 0 Å². The van der Waals surface area contributed by atoms with Crippen LogP contribution in [0.4, 0.5) is 0 Å². The summed E-state index contributed by atoms with van der Waals surface area (Å²) in [4.78, 5) is 13.3. The summed E-state index contributed by atoms with van der Waals surface area (Å²) < 4.78 is 0. The summed E-state index contributed by atoms with van der Waals surface area (Å²) in [5.74, 6) is 5.57.